The Morgan fingerprint density at radius 3 is 2.41 bits per heavy atom. The van der Waals surface area contributed by atoms with Crippen LogP contribution in [0.5, 0.6) is 5.75 Å². The molecule has 0 saturated carbocycles. The van der Waals surface area contributed by atoms with Crippen LogP contribution in [-0.4, -0.2) is 38.9 Å². The molecule has 0 N–H and O–H groups in total. The van der Waals surface area contributed by atoms with Gasteiger partial charge in [0.05, 0.1) is 22.7 Å². The summed E-state index contributed by atoms with van der Waals surface area (Å²) in [6.45, 7) is 5.56. The van der Waals surface area contributed by atoms with E-state index in [4.69, 9.17) is 25.8 Å². The molecule has 0 aliphatic carbocycles. The molecule has 0 amide bonds. The molecule has 184 valence electrons. The minimum absolute atomic E-state index is 0.0378. The summed E-state index contributed by atoms with van der Waals surface area (Å²) in [7, 11) is 0. The van der Waals surface area contributed by atoms with E-state index in [-0.39, 0.29) is 40.2 Å². The second-order valence-corrected chi connectivity index (χ2v) is 11.2. The largest absolute Gasteiger partial charge is 0.494 e. The van der Waals surface area contributed by atoms with Crippen LogP contribution in [-0.2, 0) is 25.5 Å². The molecule has 8 heteroatoms. The average molecular weight is 711 g/mol. The van der Waals surface area contributed by atoms with Gasteiger partial charge in [-0.3, -0.25) is 4.79 Å². The number of ketones is 1. The first-order valence-electron chi connectivity index (χ1n) is 11.3. The molecule has 0 radical (unpaired) electrons. The van der Waals surface area contributed by atoms with Crippen LogP contribution in [0.2, 0.25) is 5.02 Å². The van der Waals surface area contributed by atoms with Gasteiger partial charge < -0.3 is 19.0 Å². The molecular weight excluding hydrogens is 682 g/mol. The average Bonchev–Trinajstić information content (AvgIpc) is 2.79. The summed E-state index contributed by atoms with van der Waals surface area (Å²) in [4.78, 5) is 24.1. The minimum atomic E-state index is -0.411. The molecule has 1 aliphatic heterocycles. The lowest BCUT2D eigenvalue weighted by Gasteiger charge is -2.44. The van der Waals surface area contributed by atoms with E-state index in [1.165, 1.54) is 6.92 Å². The Hall–Kier alpha value is -0.910. The number of carbonyl (C=O) groups excluding carboxylic acids is 2. The van der Waals surface area contributed by atoms with Crippen LogP contribution in [0.3, 0.4) is 0 Å². The van der Waals surface area contributed by atoms with Crippen molar-refractivity contribution < 1.29 is 23.8 Å². The van der Waals surface area contributed by atoms with Crippen molar-refractivity contribution in [3.05, 3.63) is 64.2 Å². The smallest absolute Gasteiger partial charge is 0.302 e. The number of esters is 1. The van der Waals surface area contributed by atoms with Crippen LogP contribution >= 0.6 is 56.8 Å². The Morgan fingerprint density at radius 2 is 1.82 bits per heavy atom. The summed E-state index contributed by atoms with van der Waals surface area (Å²) in [6.07, 6.45) is 0.0267. The molecule has 34 heavy (non-hydrogen) atoms. The first kappa shape index (κ1) is 27.7. The van der Waals surface area contributed by atoms with Crippen molar-refractivity contribution in [2.24, 2.45) is 5.92 Å². The van der Waals surface area contributed by atoms with Crippen molar-refractivity contribution in [3.63, 3.8) is 0 Å². The predicted octanol–water partition coefficient (Wildman–Crippen LogP) is 6.54. The molecule has 0 spiro atoms. The predicted molar refractivity (Wildman–Crippen MR) is 151 cm³/mol. The van der Waals surface area contributed by atoms with Gasteiger partial charge in [-0.2, -0.15) is 0 Å². The van der Waals surface area contributed by atoms with E-state index < -0.39 is 6.10 Å². The fraction of sp³-hybridized carbons (Fsp3) is 0.462. The molecule has 3 rings (SSSR count). The Morgan fingerprint density at radius 1 is 1.12 bits per heavy atom. The zero-order valence-corrected chi connectivity index (χ0v) is 24.5. The highest BCUT2D eigenvalue weighted by Gasteiger charge is 2.47. The molecule has 1 fully saturated rings. The molecule has 5 atom stereocenters. The third kappa shape index (κ3) is 7.07. The van der Waals surface area contributed by atoms with Crippen molar-refractivity contribution >= 4 is 68.5 Å². The number of halogens is 3. The summed E-state index contributed by atoms with van der Waals surface area (Å²) in [5.74, 6) is 0.252. The van der Waals surface area contributed by atoms with Gasteiger partial charge in [-0.1, -0.05) is 81.0 Å². The van der Waals surface area contributed by atoms with Gasteiger partial charge in [0.2, 0.25) is 0 Å². The molecule has 1 heterocycles. The second-order valence-electron chi connectivity index (χ2n) is 8.44. The van der Waals surface area contributed by atoms with Gasteiger partial charge >= 0.3 is 5.97 Å². The van der Waals surface area contributed by atoms with E-state index in [1.54, 1.807) is 6.92 Å². The van der Waals surface area contributed by atoms with Gasteiger partial charge in [-0.25, -0.2) is 0 Å². The van der Waals surface area contributed by atoms with Crippen LogP contribution in [0.25, 0.3) is 0 Å². The number of hydrogen-bond acceptors (Lipinski definition) is 5. The van der Waals surface area contributed by atoms with E-state index in [0.29, 0.717) is 18.1 Å². The maximum Gasteiger partial charge on any atom is 0.302 e. The van der Waals surface area contributed by atoms with Crippen molar-refractivity contribution in [1.82, 2.24) is 0 Å². The summed E-state index contributed by atoms with van der Waals surface area (Å²) in [6, 6.07) is 13.9. The summed E-state index contributed by atoms with van der Waals surface area (Å²) in [5, 5.41) is 0.672. The second kappa shape index (κ2) is 12.9. The standard InChI is InChI=1S/C26H29ClI2O5/c1-4-32-20-8-5-17(6-9-20)12-19-13-18(7-10-22(19)27)25-21(11-15(2)30)26(33-16(3)31)24(29)23(14-28)34-25/h5-10,13,21,23-26H,4,11-12,14H2,1-3H3. The Kier molecular flexibility index (Phi) is 10.5. The maximum absolute atomic E-state index is 12.2. The van der Waals surface area contributed by atoms with Crippen LogP contribution in [0, 0.1) is 5.92 Å². The third-order valence-electron chi connectivity index (χ3n) is 5.81. The SMILES string of the molecule is CCOc1ccc(Cc2cc(C3OC(CI)C(I)C(OC(C)=O)C3CC(C)=O)ccc2Cl)cc1. The topological polar surface area (TPSA) is 61.8 Å². The summed E-state index contributed by atoms with van der Waals surface area (Å²) < 4.78 is 18.5. The van der Waals surface area contributed by atoms with E-state index in [0.717, 1.165) is 26.9 Å². The van der Waals surface area contributed by atoms with Crippen molar-refractivity contribution in [2.75, 3.05) is 11.0 Å². The summed E-state index contributed by atoms with van der Waals surface area (Å²) >= 11 is 11.2. The highest BCUT2D eigenvalue weighted by atomic mass is 127. The number of hydrogen-bond donors (Lipinski definition) is 0. The highest BCUT2D eigenvalue weighted by molar-refractivity contribution is 14.1. The first-order chi connectivity index (χ1) is 16.2. The first-order valence-corrected chi connectivity index (χ1v) is 14.4. The zero-order chi connectivity index (χ0) is 24.8. The normalized spacial score (nSPS) is 24.5. The minimum Gasteiger partial charge on any atom is -0.494 e. The van der Waals surface area contributed by atoms with Crippen LogP contribution in [0.15, 0.2) is 42.5 Å². The van der Waals surface area contributed by atoms with Gasteiger partial charge in [0.25, 0.3) is 0 Å². The fourth-order valence-corrected chi connectivity index (χ4v) is 7.34. The zero-order valence-electron chi connectivity index (χ0n) is 19.4. The Bertz CT molecular complexity index is 997. The van der Waals surface area contributed by atoms with Crippen LogP contribution < -0.4 is 4.74 Å². The number of carbonyl (C=O) groups is 2. The number of benzene rings is 2. The molecular formula is C26H29ClI2O5. The maximum atomic E-state index is 12.2. The van der Waals surface area contributed by atoms with Crippen LogP contribution in [0.1, 0.15) is 50.0 Å². The number of alkyl halides is 2. The lowest BCUT2D eigenvalue weighted by Crippen LogP contribution is -2.51. The molecule has 0 bridgehead atoms. The molecule has 0 aromatic heterocycles. The van der Waals surface area contributed by atoms with Gasteiger partial charge in [0, 0.05) is 28.7 Å². The Labute approximate surface area is 233 Å². The van der Waals surface area contributed by atoms with E-state index in [1.807, 2.05) is 43.3 Å². The number of Topliss-reactive ketones (excluding diaryl/α,β-unsaturated/α-hetero) is 1. The van der Waals surface area contributed by atoms with Crippen molar-refractivity contribution in [2.45, 2.75) is 55.8 Å². The van der Waals surface area contributed by atoms with E-state index in [2.05, 4.69) is 51.2 Å². The molecule has 2 aromatic rings. The van der Waals surface area contributed by atoms with Gasteiger partial charge in [0.15, 0.2) is 0 Å². The highest BCUT2D eigenvalue weighted by Crippen LogP contribution is 2.44. The third-order valence-corrected chi connectivity index (χ3v) is 8.55. The lowest BCUT2D eigenvalue weighted by atomic mass is 9.81. The van der Waals surface area contributed by atoms with E-state index in [9.17, 15) is 9.59 Å². The molecule has 1 aliphatic rings. The number of rotatable bonds is 9. The number of ether oxygens (including phenoxy) is 3. The monoisotopic (exact) mass is 710 g/mol. The van der Waals surface area contributed by atoms with Crippen molar-refractivity contribution in [3.8, 4) is 5.75 Å². The van der Waals surface area contributed by atoms with Gasteiger partial charge in [-0.05, 0) is 55.2 Å². The molecule has 5 nitrogen and oxygen atoms in total. The molecule has 5 unspecified atom stereocenters. The van der Waals surface area contributed by atoms with Gasteiger partial charge in [-0.15, -0.1) is 0 Å². The molecule has 1 saturated heterocycles. The quantitative estimate of drug-likeness (QED) is 0.168. The Balaban J connectivity index is 1.94. The lowest BCUT2D eigenvalue weighted by molar-refractivity contribution is -0.170. The van der Waals surface area contributed by atoms with Gasteiger partial charge in [0.1, 0.15) is 17.6 Å². The van der Waals surface area contributed by atoms with Crippen LogP contribution in [0.4, 0.5) is 0 Å². The van der Waals surface area contributed by atoms with Crippen molar-refractivity contribution in [1.29, 1.82) is 0 Å². The summed E-state index contributed by atoms with van der Waals surface area (Å²) in [5.41, 5.74) is 3.02. The van der Waals surface area contributed by atoms with E-state index >= 15 is 0 Å². The fourth-order valence-electron chi connectivity index (χ4n) is 4.33. The molecule has 2 aromatic carbocycles.